The van der Waals surface area contributed by atoms with E-state index >= 15 is 0 Å². The number of hydrogen-bond acceptors (Lipinski definition) is 3. The van der Waals surface area contributed by atoms with Crippen molar-refractivity contribution < 1.29 is 12.8 Å². The van der Waals surface area contributed by atoms with Crippen molar-refractivity contribution in [3.8, 4) is 0 Å². The van der Waals surface area contributed by atoms with E-state index in [1.54, 1.807) is 6.92 Å². The van der Waals surface area contributed by atoms with E-state index in [-0.39, 0.29) is 33.3 Å². The van der Waals surface area contributed by atoms with Crippen LogP contribution in [0.1, 0.15) is 6.92 Å². The van der Waals surface area contributed by atoms with Crippen molar-refractivity contribution in [2.45, 2.75) is 17.9 Å². The molecule has 0 saturated heterocycles. The summed E-state index contributed by atoms with van der Waals surface area (Å²) in [4.78, 5) is -0.194. The maximum atomic E-state index is 13.0. The predicted octanol–water partition coefficient (Wildman–Crippen LogP) is 2.29. The average molecular weight is 382 g/mol. The standard InChI is InChI=1S/C9H11BrClFN2O2S.ClH/c1-5(4-13)14-17(15,16)9-7(10)2-6(12)3-8(9)11;/h2-3,5,14H,4,13H2,1H3;1H/t5-;/m0./s1. The molecule has 1 aromatic carbocycles. The lowest BCUT2D eigenvalue weighted by molar-refractivity contribution is 0.561. The summed E-state index contributed by atoms with van der Waals surface area (Å²) in [5.74, 6) is -0.618. The van der Waals surface area contributed by atoms with Crippen molar-refractivity contribution in [2.24, 2.45) is 5.73 Å². The summed E-state index contributed by atoms with van der Waals surface area (Å²) in [6.45, 7) is 1.76. The Morgan fingerprint density at radius 3 is 2.56 bits per heavy atom. The molecule has 0 spiro atoms. The van der Waals surface area contributed by atoms with Gasteiger partial charge in [0.2, 0.25) is 10.0 Å². The number of halogens is 4. The zero-order valence-corrected chi connectivity index (χ0v) is 13.3. The minimum absolute atomic E-state index is 0. The van der Waals surface area contributed by atoms with Crippen molar-refractivity contribution in [1.82, 2.24) is 4.72 Å². The number of nitrogens with one attached hydrogen (secondary N) is 1. The Labute approximate surface area is 125 Å². The van der Waals surface area contributed by atoms with Gasteiger partial charge in [0.1, 0.15) is 10.7 Å². The summed E-state index contributed by atoms with van der Waals surface area (Å²) in [6, 6.07) is 1.54. The van der Waals surface area contributed by atoms with Crippen LogP contribution < -0.4 is 10.5 Å². The zero-order chi connectivity index (χ0) is 13.2. The summed E-state index contributed by atoms with van der Waals surface area (Å²) in [5, 5.41) is -0.186. The van der Waals surface area contributed by atoms with Gasteiger partial charge in [-0.1, -0.05) is 11.6 Å². The van der Waals surface area contributed by atoms with Gasteiger partial charge in [-0.2, -0.15) is 0 Å². The van der Waals surface area contributed by atoms with Crippen LogP contribution in [0.3, 0.4) is 0 Å². The monoisotopic (exact) mass is 380 g/mol. The van der Waals surface area contributed by atoms with E-state index in [9.17, 15) is 12.8 Å². The van der Waals surface area contributed by atoms with Gasteiger partial charge in [-0.3, -0.25) is 0 Å². The first-order valence-corrected chi connectivity index (χ1v) is 7.30. The van der Waals surface area contributed by atoms with E-state index in [0.29, 0.717) is 0 Å². The predicted molar refractivity (Wildman–Crippen MR) is 75.2 cm³/mol. The highest BCUT2D eigenvalue weighted by molar-refractivity contribution is 9.10. The van der Waals surface area contributed by atoms with Gasteiger partial charge in [-0.25, -0.2) is 17.5 Å². The molecule has 0 aliphatic heterocycles. The van der Waals surface area contributed by atoms with Crippen LogP contribution in [0.25, 0.3) is 0 Å². The molecule has 18 heavy (non-hydrogen) atoms. The highest BCUT2D eigenvalue weighted by Gasteiger charge is 2.23. The normalized spacial score (nSPS) is 12.9. The molecule has 0 aliphatic rings. The molecule has 4 nitrogen and oxygen atoms in total. The molecule has 0 aliphatic carbocycles. The minimum Gasteiger partial charge on any atom is -0.329 e. The Morgan fingerprint density at radius 1 is 1.56 bits per heavy atom. The topological polar surface area (TPSA) is 72.2 Å². The lowest BCUT2D eigenvalue weighted by atomic mass is 10.3. The third kappa shape index (κ3) is 4.32. The number of nitrogens with two attached hydrogens (primary N) is 1. The molecule has 0 saturated carbocycles. The summed E-state index contributed by atoms with van der Waals surface area (Å²) >= 11 is 8.70. The van der Waals surface area contributed by atoms with Crippen LogP contribution in [-0.4, -0.2) is 21.0 Å². The van der Waals surface area contributed by atoms with Gasteiger partial charge < -0.3 is 5.73 Å². The van der Waals surface area contributed by atoms with E-state index in [2.05, 4.69) is 20.7 Å². The van der Waals surface area contributed by atoms with Gasteiger partial charge in [0.15, 0.2) is 0 Å². The Balaban J connectivity index is 0.00000289. The van der Waals surface area contributed by atoms with Gasteiger partial charge >= 0.3 is 0 Å². The highest BCUT2D eigenvalue weighted by Crippen LogP contribution is 2.30. The van der Waals surface area contributed by atoms with E-state index in [1.165, 1.54) is 0 Å². The lowest BCUT2D eigenvalue weighted by Crippen LogP contribution is -2.38. The Kier molecular flexibility index (Phi) is 7.05. The Morgan fingerprint density at radius 2 is 2.11 bits per heavy atom. The van der Waals surface area contributed by atoms with E-state index in [0.717, 1.165) is 12.1 Å². The van der Waals surface area contributed by atoms with E-state index < -0.39 is 21.9 Å². The van der Waals surface area contributed by atoms with Gasteiger partial charge in [0.05, 0.1) is 5.02 Å². The van der Waals surface area contributed by atoms with Crippen LogP contribution in [-0.2, 0) is 10.0 Å². The maximum absolute atomic E-state index is 13.0. The first kappa shape index (κ1) is 18.1. The second-order valence-corrected chi connectivity index (χ2v) is 6.37. The molecule has 9 heteroatoms. The molecule has 1 rings (SSSR count). The molecule has 0 fully saturated rings. The van der Waals surface area contributed by atoms with Crippen LogP contribution in [0.5, 0.6) is 0 Å². The highest BCUT2D eigenvalue weighted by atomic mass is 79.9. The van der Waals surface area contributed by atoms with Gasteiger partial charge in [0, 0.05) is 17.1 Å². The second-order valence-electron chi connectivity index (χ2n) is 3.46. The van der Waals surface area contributed by atoms with Crippen molar-refractivity contribution >= 4 is 50.0 Å². The molecule has 1 aromatic rings. The first-order chi connectivity index (χ1) is 7.77. The van der Waals surface area contributed by atoms with Gasteiger partial charge in [-0.05, 0) is 35.0 Å². The molecule has 0 radical (unpaired) electrons. The SMILES string of the molecule is C[C@@H](CN)NS(=O)(=O)c1c(Cl)cc(F)cc1Br.Cl. The zero-order valence-electron chi connectivity index (χ0n) is 9.28. The van der Waals surface area contributed by atoms with Crippen molar-refractivity contribution in [1.29, 1.82) is 0 Å². The van der Waals surface area contributed by atoms with E-state index in [4.69, 9.17) is 17.3 Å². The minimum atomic E-state index is -3.83. The molecule has 1 atom stereocenters. The van der Waals surface area contributed by atoms with Crippen molar-refractivity contribution in [3.05, 3.63) is 27.4 Å². The number of hydrogen-bond donors (Lipinski definition) is 2. The third-order valence-electron chi connectivity index (χ3n) is 1.94. The fraction of sp³-hybridized carbons (Fsp3) is 0.333. The quantitative estimate of drug-likeness (QED) is 0.840. The second kappa shape index (κ2) is 7.02. The van der Waals surface area contributed by atoms with Crippen LogP contribution in [0.2, 0.25) is 5.02 Å². The smallest absolute Gasteiger partial charge is 0.243 e. The summed E-state index contributed by atoms with van der Waals surface area (Å²) in [5.41, 5.74) is 5.33. The van der Waals surface area contributed by atoms with Crippen LogP contribution in [0.4, 0.5) is 4.39 Å². The molecular formula is C9H12BrCl2FN2O2S. The van der Waals surface area contributed by atoms with E-state index in [1.807, 2.05) is 0 Å². The first-order valence-electron chi connectivity index (χ1n) is 4.65. The summed E-state index contributed by atoms with van der Waals surface area (Å²) < 4.78 is 39.3. The molecule has 0 aromatic heterocycles. The third-order valence-corrected chi connectivity index (χ3v) is 4.93. The molecule has 104 valence electrons. The molecule has 3 N–H and O–H groups in total. The van der Waals surface area contributed by atoms with Crippen molar-refractivity contribution in [3.63, 3.8) is 0 Å². The Hall–Kier alpha value is 0.0800. The summed E-state index contributed by atoms with van der Waals surface area (Å²) in [7, 11) is -3.83. The van der Waals surface area contributed by atoms with Crippen LogP contribution >= 0.6 is 39.9 Å². The van der Waals surface area contributed by atoms with Crippen LogP contribution in [0.15, 0.2) is 21.5 Å². The summed E-state index contributed by atoms with van der Waals surface area (Å²) in [6.07, 6.45) is 0. The number of sulfonamides is 1. The maximum Gasteiger partial charge on any atom is 0.243 e. The molecule has 0 unspecified atom stereocenters. The fourth-order valence-corrected chi connectivity index (χ4v) is 4.23. The molecule has 0 bridgehead atoms. The van der Waals surface area contributed by atoms with Crippen LogP contribution in [0, 0.1) is 5.82 Å². The number of rotatable bonds is 4. The van der Waals surface area contributed by atoms with Gasteiger partial charge in [0.25, 0.3) is 0 Å². The molecular weight excluding hydrogens is 370 g/mol. The lowest BCUT2D eigenvalue weighted by Gasteiger charge is -2.14. The Bertz CT molecular complexity index is 504. The fourth-order valence-electron chi connectivity index (χ4n) is 1.16. The number of benzene rings is 1. The average Bonchev–Trinajstić information content (AvgIpc) is 2.14. The molecule has 0 amide bonds. The molecule has 0 heterocycles. The van der Waals surface area contributed by atoms with Gasteiger partial charge in [-0.15, -0.1) is 12.4 Å². The largest absolute Gasteiger partial charge is 0.329 e. The van der Waals surface area contributed by atoms with Crippen molar-refractivity contribution in [2.75, 3.05) is 6.54 Å².